The highest BCUT2D eigenvalue weighted by molar-refractivity contribution is 6.07. The number of carbonyl (C=O) groups is 2. The summed E-state index contributed by atoms with van der Waals surface area (Å²) in [4.78, 5) is 26.7. The van der Waals surface area contributed by atoms with E-state index in [-0.39, 0.29) is 6.61 Å². The summed E-state index contributed by atoms with van der Waals surface area (Å²) in [6.45, 7) is 5.79. The number of amides is 1. The van der Waals surface area contributed by atoms with E-state index in [0.29, 0.717) is 25.4 Å². The van der Waals surface area contributed by atoms with E-state index >= 15 is 0 Å². The molecule has 1 aromatic rings. The Morgan fingerprint density at radius 3 is 2.61 bits per heavy atom. The molecule has 1 heterocycles. The Morgan fingerprint density at radius 2 is 2.00 bits per heavy atom. The fourth-order valence-electron chi connectivity index (χ4n) is 3.04. The summed E-state index contributed by atoms with van der Waals surface area (Å²) in [5.74, 6) is -0.617. The minimum absolute atomic E-state index is 0.159. The molecule has 0 aliphatic carbocycles. The van der Waals surface area contributed by atoms with Gasteiger partial charge in [0.1, 0.15) is 6.61 Å². The first-order chi connectivity index (χ1) is 11.0. The van der Waals surface area contributed by atoms with Crippen molar-refractivity contribution in [3.63, 3.8) is 0 Å². The van der Waals surface area contributed by atoms with Gasteiger partial charge in [0.05, 0.1) is 0 Å². The molecule has 0 spiro atoms. The molecule has 1 aliphatic rings. The van der Waals surface area contributed by atoms with Gasteiger partial charge in [-0.15, -0.1) is 0 Å². The van der Waals surface area contributed by atoms with Crippen molar-refractivity contribution in [3.05, 3.63) is 35.9 Å². The zero-order valence-corrected chi connectivity index (χ0v) is 14.0. The quantitative estimate of drug-likeness (QED) is 0.617. The first-order valence-electron chi connectivity index (χ1n) is 8.23. The summed E-state index contributed by atoms with van der Waals surface area (Å²) in [7, 11) is 0. The molecule has 5 heteroatoms. The fraction of sp³-hybridized carbons (Fsp3) is 0.556. The zero-order valence-electron chi connectivity index (χ0n) is 14.0. The highest BCUT2D eigenvalue weighted by Gasteiger charge is 2.53. The first kappa shape index (κ1) is 17.5. The van der Waals surface area contributed by atoms with Gasteiger partial charge in [-0.3, -0.25) is 9.69 Å². The highest BCUT2D eigenvalue weighted by Crippen LogP contribution is 2.31. The minimum atomic E-state index is -1.30. The number of benzene rings is 1. The van der Waals surface area contributed by atoms with Crippen molar-refractivity contribution >= 4 is 11.9 Å². The Kier molecular flexibility index (Phi) is 5.77. The Bertz CT molecular complexity index is 544. The maximum Gasteiger partial charge on any atom is 0.336 e. The van der Waals surface area contributed by atoms with Crippen LogP contribution in [-0.4, -0.2) is 35.4 Å². The second-order valence-electron chi connectivity index (χ2n) is 6.56. The third-order valence-corrected chi connectivity index (χ3v) is 4.44. The Balaban J connectivity index is 2.09. The molecule has 5 nitrogen and oxygen atoms in total. The first-order valence-corrected chi connectivity index (χ1v) is 8.23. The molecule has 1 fully saturated rings. The summed E-state index contributed by atoms with van der Waals surface area (Å²) >= 11 is 0. The van der Waals surface area contributed by atoms with Gasteiger partial charge in [-0.2, -0.15) is 0 Å². The molecule has 126 valence electrons. The van der Waals surface area contributed by atoms with Crippen LogP contribution in [-0.2, 0) is 20.9 Å². The van der Waals surface area contributed by atoms with Crippen LogP contribution >= 0.6 is 0 Å². The van der Waals surface area contributed by atoms with E-state index < -0.39 is 17.4 Å². The van der Waals surface area contributed by atoms with Crippen molar-refractivity contribution in [2.75, 3.05) is 13.1 Å². The van der Waals surface area contributed by atoms with Gasteiger partial charge >= 0.3 is 5.97 Å². The SMILES string of the molecule is CC(C)CCN1CCC[C@]1(C(N)=O)C(=O)OCc1ccccc1. The largest absolute Gasteiger partial charge is 0.459 e. The van der Waals surface area contributed by atoms with Crippen LogP contribution in [0.2, 0.25) is 0 Å². The average Bonchev–Trinajstić information content (AvgIpc) is 2.96. The molecular weight excluding hydrogens is 292 g/mol. The lowest BCUT2D eigenvalue weighted by Gasteiger charge is -2.33. The summed E-state index contributed by atoms with van der Waals surface area (Å²) in [5.41, 5.74) is 5.21. The van der Waals surface area contributed by atoms with Crippen LogP contribution in [0.5, 0.6) is 0 Å². The second-order valence-corrected chi connectivity index (χ2v) is 6.56. The molecule has 1 atom stereocenters. The molecule has 0 radical (unpaired) electrons. The number of ether oxygens (including phenoxy) is 1. The van der Waals surface area contributed by atoms with Crippen LogP contribution in [0.15, 0.2) is 30.3 Å². The van der Waals surface area contributed by atoms with E-state index in [0.717, 1.165) is 18.4 Å². The minimum Gasteiger partial charge on any atom is -0.459 e. The zero-order chi connectivity index (χ0) is 16.9. The van der Waals surface area contributed by atoms with Crippen molar-refractivity contribution in [2.24, 2.45) is 11.7 Å². The van der Waals surface area contributed by atoms with Crippen molar-refractivity contribution in [2.45, 2.75) is 45.3 Å². The predicted octanol–water partition coefficient (Wildman–Crippen LogP) is 2.10. The van der Waals surface area contributed by atoms with Gasteiger partial charge in [0.2, 0.25) is 5.91 Å². The third kappa shape index (κ3) is 3.91. The molecule has 0 saturated carbocycles. The number of carbonyl (C=O) groups excluding carboxylic acids is 2. The van der Waals surface area contributed by atoms with E-state index in [1.807, 2.05) is 35.2 Å². The monoisotopic (exact) mass is 318 g/mol. The third-order valence-electron chi connectivity index (χ3n) is 4.44. The Morgan fingerprint density at radius 1 is 1.30 bits per heavy atom. The molecule has 2 N–H and O–H groups in total. The Hall–Kier alpha value is -1.88. The van der Waals surface area contributed by atoms with Crippen LogP contribution in [0.3, 0.4) is 0 Å². The number of rotatable bonds is 7. The number of nitrogens with two attached hydrogens (primary N) is 1. The number of primary amides is 1. The van der Waals surface area contributed by atoms with Gasteiger partial charge in [0, 0.05) is 0 Å². The number of likely N-dealkylation sites (tertiary alicyclic amines) is 1. The van der Waals surface area contributed by atoms with Crippen LogP contribution in [0, 0.1) is 5.92 Å². The normalized spacial score (nSPS) is 21.5. The number of esters is 1. The van der Waals surface area contributed by atoms with E-state index in [1.165, 1.54) is 0 Å². The van der Waals surface area contributed by atoms with Crippen LogP contribution in [0.1, 0.15) is 38.7 Å². The molecule has 0 unspecified atom stereocenters. The molecule has 0 bridgehead atoms. The van der Waals surface area contributed by atoms with Crippen molar-refractivity contribution in [1.82, 2.24) is 4.90 Å². The molecule has 1 aromatic carbocycles. The summed E-state index contributed by atoms with van der Waals surface area (Å²) in [6, 6.07) is 9.45. The standard InChI is InChI=1S/C18H26N2O3/c1-14(2)9-12-20-11-6-10-18(20,16(19)21)17(22)23-13-15-7-4-3-5-8-15/h3-5,7-8,14H,6,9-13H2,1-2H3,(H2,19,21)/t18-/m0/s1. The van der Waals surface area contributed by atoms with E-state index in [1.54, 1.807) is 0 Å². The number of hydrogen-bond donors (Lipinski definition) is 1. The Labute approximate surface area is 137 Å². The molecule has 2 rings (SSSR count). The topological polar surface area (TPSA) is 72.6 Å². The van der Waals surface area contributed by atoms with E-state index in [4.69, 9.17) is 10.5 Å². The van der Waals surface area contributed by atoms with Gasteiger partial charge in [-0.1, -0.05) is 44.2 Å². The van der Waals surface area contributed by atoms with Crippen LogP contribution in [0.25, 0.3) is 0 Å². The van der Waals surface area contributed by atoms with Gasteiger partial charge < -0.3 is 10.5 Å². The fourth-order valence-corrected chi connectivity index (χ4v) is 3.04. The highest BCUT2D eigenvalue weighted by atomic mass is 16.5. The lowest BCUT2D eigenvalue weighted by Crippen LogP contribution is -2.60. The summed E-state index contributed by atoms with van der Waals surface area (Å²) < 4.78 is 5.43. The molecule has 1 aliphatic heterocycles. The van der Waals surface area contributed by atoms with Gasteiger partial charge in [0.25, 0.3) is 0 Å². The van der Waals surface area contributed by atoms with Crippen molar-refractivity contribution in [3.8, 4) is 0 Å². The van der Waals surface area contributed by atoms with E-state index in [2.05, 4.69) is 13.8 Å². The number of hydrogen-bond acceptors (Lipinski definition) is 4. The van der Waals surface area contributed by atoms with Crippen LogP contribution < -0.4 is 5.73 Å². The maximum atomic E-state index is 12.7. The summed E-state index contributed by atoms with van der Waals surface area (Å²) in [6.07, 6.45) is 2.14. The van der Waals surface area contributed by atoms with Gasteiger partial charge in [-0.05, 0) is 43.8 Å². The average molecular weight is 318 g/mol. The second kappa shape index (κ2) is 7.59. The van der Waals surface area contributed by atoms with Gasteiger partial charge in [-0.25, -0.2) is 4.79 Å². The summed E-state index contributed by atoms with van der Waals surface area (Å²) in [5, 5.41) is 0. The lowest BCUT2D eigenvalue weighted by molar-refractivity contribution is -0.162. The molecule has 1 amide bonds. The molecule has 1 saturated heterocycles. The smallest absolute Gasteiger partial charge is 0.336 e. The van der Waals surface area contributed by atoms with Crippen LogP contribution in [0.4, 0.5) is 0 Å². The molecular formula is C18H26N2O3. The van der Waals surface area contributed by atoms with Crippen molar-refractivity contribution < 1.29 is 14.3 Å². The predicted molar refractivity (Wildman–Crippen MR) is 88.4 cm³/mol. The lowest BCUT2D eigenvalue weighted by atomic mass is 9.94. The molecule has 23 heavy (non-hydrogen) atoms. The van der Waals surface area contributed by atoms with Crippen molar-refractivity contribution in [1.29, 1.82) is 0 Å². The molecule has 0 aromatic heterocycles. The maximum absolute atomic E-state index is 12.7. The van der Waals surface area contributed by atoms with Gasteiger partial charge in [0.15, 0.2) is 5.54 Å². The van der Waals surface area contributed by atoms with E-state index in [9.17, 15) is 9.59 Å². The number of nitrogens with zero attached hydrogens (tertiary/aromatic N) is 1.